The van der Waals surface area contributed by atoms with Crippen LogP contribution in [0.2, 0.25) is 0 Å². The standard InChI is InChI=1S/C7H14O5.C6H12O6.C3H8O3/c1-3-5(9)7(11)6(10)4(2-8)12-3;7-1-2-3(8)4(9)5(10)6(11)12-2;4-1-3(6)2-5/h3-11H,2H2,1H3;2-11H,1H2;3-6H,1-2H2/t3?,4-,5+,6-,7-;2-,3-,4+,5-,6+;/m11./s1. The summed E-state index contributed by atoms with van der Waals surface area (Å²) in [4.78, 5) is 0. The average molecular weight is 450 g/mol. The summed E-state index contributed by atoms with van der Waals surface area (Å²) in [6.45, 7) is -0.0489. The van der Waals surface area contributed by atoms with E-state index < -0.39 is 73.9 Å². The summed E-state index contributed by atoms with van der Waals surface area (Å²) in [5, 5.41) is 105. The largest absolute Gasteiger partial charge is 0.394 e. The van der Waals surface area contributed by atoms with Gasteiger partial charge in [0.1, 0.15) is 54.9 Å². The molecular formula is C16H34O14. The van der Waals surface area contributed by atoms with Crippen LogP contribution in [0.15, 0.2) is 0 Å². The lowest BCUT2D eigenvalue weighted by atomic mass is 9.96. The predicted molar refractivity (Wildman–Crippen MR) is 95.6 cm³/mol. The summed E-state index contributed by atoms with van der Waals surface area (Å²) in [5.41, 5.74) is 0. The summed E-state index contributed by atoms with van der Waals surface area (Å²) in [7, 11) is 0. The van der Waals surface area contributed by atoms with Crippen LogP contribution in [-0.4, -0.2) is 155 Å². The summed E-state index contributed by atoms with van der Waals surface area (Å²) in [5.74, 6) is 0. The molecule has 0 spiro atoms. The molecule has 0 bridgehead atoms. The number of ether oxygens (including phenoxy) is 2. The molecule has 2 aliphatic heterocycles. The Bertz CT molecular complexity index is 395. The fourth-order valence-electron chi connectivity index (χ4n) is 2.43. The molecule has 14 heteroatoms. The average Bonchev–Trinajstić information content (AvgIpc) is 2.75. The Kier molecular flexibility index (Phi) is 14.2. The van der Waals surface area contributed by atoms with Crippen LogP contribution < -0.4 is 0 Å². The molecule has 0 aromatic carbocycles. The van der Waals surface area contributed by atoms with Gasteiger partial charge in [-0.1, -0.05) is 0 Å². The lowest BCUT2D eigenvalue weighted by Gasteiger charge is -2.38. The summed E-state index contributed by atoms with van der Waals surface area (Å²) >= 11 is 0. The van der Waals surface area contributed by atoms with Gasteiger partial charge in [0.05, 0.1) is 32.5 Å². The second-order valence-electron chi connectivity index (χ2n) is 6.77. The van der Waals surface area contributed by atoms with Gasteiger partial charge in [-0.25, -0.2) is 0 Å². The smallest absolute Gasteiger partial charge is 0.184 e. The van der Waals surface area contributed by atoms with Gasteiger partial charge in [-0.05, 0) is 6.92 Å². The van der Waals surface area contributed by atoms with Crippen molar-refractivity contribution in [2.24, 2.45) is 0 Å². The predicted octanol–water partition coefficient (Wildman–Crippen LogP) is -7.04. The van der Waals surface area contributed by atoms with Crippen molar-refractivity contribution < 1.29 is 70.8 Å². The van der Waals surface area contributed by atoms with Gasteiger partial charge in [0.25, 0.3) is 0 Å². The second-order valence-corrected chi connectivity index (χ2v) is 6.77. The molecule has 0 radical (unpaired) electrons. The molecule has 2 rings (SSSR count). The van der Waals surface area contributed by atoms with Gasteiger partial charge in [0, 0.05) is 0 Å². The number of aliphatic hydroxyl groups is 12. The molecular weight excluding hydrogens is 416 g/mol. The molecule has 2 fully saturated rings. The first kappa shape index (κ1) is 29.4. The fraction of sp³-hybridized carbons (Fsp3) is 1.00. The molecule has 0 aromatic heterocycles. The molecule has 14 nitrogen and oxygen atoms in total. The van der Waals surface area contributed by atoms with Gasteiger partial charge in [-0.2, -0.15) is 0 Å². The molecule has 0 aliphatic carbocycles. The molecule has 2 aliphatic rings. The quantitative estimate of drug-likeness (QED) is 0.190. The van der Waals surface area contributed by atoms with Crippen molar-refractivity contribution in [1.82, 2.24) is 0 Å². The Balaban J connectivity index is 0.000000447. The SMILES string of the molecule is CC1O[C@H](CO)[C@@H](O)[C@H](O)[C@H]1O.OCC(O)CO.OC[C@H]1O[C@H](O)[C@H](O)[C@@H](O)[C@@H]1O. The highest BCUT2D eigenvalue weighted by Gasteiger charge is 2.42. The van der Waals surface area contributed by atoms with Crippen LogP contribution in [0.3, 0.4) is 0 Å². The maximum absolute atomic E-state index is 9.23. The maximum Gasteiger partial charge on any atom is 0.184 e. The minimum atomic E-state index is -1.57. The minimum absolute atomic E-state index is 0.365. The highest BCUT2D eigenvalue weighted by Crippen LogP contribution is 2.20. The zero-order valence-electron chi connectivity index (χ0n) is 16.4. The van der Waals surface area contributed by atoms with Gasteiger partial charge in [0.15, 0.2) is 6.29 Å². The summed E-state index contributed by atoms with van der Waals surface area (Å²) in [6.07, 6.45) is -12.9. The van der Waals surface area contributed by atoms with Crippen LogP contribution in [0.5, 0.6) is 0 Å². The Labute approximate surface area is 172 Å². The molecule has 30 heavy (non-hydrogen) atoms. The van der Waals surface area contributed by atoms with Crippen molar-refractivity contribution in [1.29, 1.82) is 0 Å². The van der Waals surface area contributed by atoms with Gasteiger partial charge < -0.3 is 70.8 Å². The van der Waals surface area contributed by atoms with Crippen molar-refractivity contribution in [2.75, 3.05) is 26.4 Å². The third-order valence-electron chi connectivity index (χ3n) is 4.42. The van der Waals surface area contributed by atoms with E-state index in [0.29, 0.717) is 0 Å². The van der Waals surface area contributed by atoms with Crippen molar-refractivity contribution in [2.45, 2.75) is 74.3 Å². The Hall–Kier alpha value is -0.560. The van der Waals surface area contributed by atoms with Crippen LogP contribution >= 0.6 is 0 Å². The van der Waals surface area contributed by atoms with Crippen molar-refractivity contribution >= 4 is 0 Å². The van der Waals surface area contributed by atoms with Crippen molar-refractivity contribution in [3.05, 3.63) is 0 Å². The van der Waals surface area contributed by atoms with Gasteiger partial charge in [-0.15, -0.1) is 0 Å². The summed E-state index contributed by atoms with van der Waals surface area (Å²) in [6, 6.07) is 0. The molecule has 12 N–H and O–H groups in total. The number of hydrogen-bond acceptors (Lipinski definition) is 14. The topological polar surface area (TPSA) is 261 Å². The third kappa shape index (κ3) is 8.52. The molecule has 0 saturated carbocycles. The van der Waals surface area contributed by atoms with Crippen LogP contribution in [0, 0.1) is 0 Å². The lowest BCUT2D eigenvalue weighted by Crippen LogP contribution is -2.58. The molecule has 1 unspecified atom stereocenters. The number of rotatable bonds is 4. The van der Waals surface area contributed by atoms with E-state index in [-0.39, 0.29) is 19.8 Å². The van der Waals surface area contributed by atoms with Gasteiger partial charge >= 0.3 is 0 Å². The first-order valence-corrected chi connectivity index (χ1v) is 9.15. The van der Waals surface area contributed by atoms with E-state index in [1.807, 2.05) is 0 Å². The van der Waals surface area contributed by atoms with E-state index >= 15 is 0 Å². The monoisotopic (exact) mass is 450 g/mol. The number of aliphatic hydroxyl groups excluding tert-OH is 12. The Morgan fingerprint density at radius 1 is 0.600 bits per heavy atom. The van der Waals surface area contributed by atoms with Crippen LogP contribution in [0.4, 0.5) is 0 Å². The Morgan fingerprint density at radius 2 is 1.00 bits per heavy atom. The first-order chi connectivity index (χ1) is 14.0. The van der Waals surface area contributed by atoms with Crippen LogP contribution in [0.25, 0.3) is 0 Å². The number of hydrogen-bond donors (Lipinski definition) is 12. The van der Waals surface area contributed by atoms with E-state index in [1.54, 1.807) is 6.92 Å². The van der Waals surface area contributed by atoms with Crippen LogP contribution in [0.1, 0.15) is 6.92 Å². The van der Waals surface area contributed by atoms with Gasteiger partial charge in [0.2, 0.25) is 0 Å². The zero-order valence-corrected chi connectivity index (χ0v) is 16.4. The van der Waals surface area contributed by atoms with Crippen molar-refractivity contribution in [3.63, 3.8) is 0 Å². The summed E-state index contributed by atoms with van der Waals surface area (Å²) < 4.78 is 9.60. The van der Waals surface area contributed by atoms with E-state index in [9.17, 15) is 15.3 Å². The fourth-order valence-corrected chi connectivity index (χ4v) is 2.43. The molecule has 2 saturated heterocycles. The molecule has 0 amide bonds. The second kappa shape index (κ2) is 14.5. The molecule has 182 valence electrons. The van der Waals surface area contributed by atoms with E-state index in [0.717, 1.165) is 0 Å². The Morgan fingerprint density at radius 3 is 1.37 bits per heavy atom. The minimum Gasteiger partial charge on any atom is -0.394 e. The molecule has 0 aromatic rings. The molecule has 10 atom stereocenters. The van der Waals surface area contributed by atoms with Crippen molar-refractivity contribution in [3.8, 4) is 0 Å². The normalized spacial score (nSPS) is 41.4. The van der Waals surface area contributed by atoms with E-state index in [1.165, 1.54) is 0 Å². The molecule has 2 heterocycles. The van der Waals surface area contributed by atoms with Crippen LogP contribution in [-0.2, 0) is 9.47 Å². The third-order valence-corrected chi connectivity index (χ3v) is 4.42. The zero-order chi connectivity index (χ0) is 23.6. The highest BCUT2D eigenvalue weighted by atomic mass is 16.6. The van der Waals surface area contributed by atoms with E-state index in [4.69, 9.17) is 50.7 Å². The first-order valence-electron chi connectivity index (χ1n) is 9.15. The maximum atomic E-state index is 9.23. The van der Waals surface area contributed by atoms with E-state index in [2.05, 4.69) is 4.74 Å². The lowest BCUT2D eigenvalue weighted by molar-refractivity contribution is -0.286. The highest BCUT2D eigenvalue weighted by molar-refractivity contribution is 4.90. The van der Waals surface area contributed by atoms with Gasteiger partial charge in [-0.3, -0.25) is 0 Å².